The summed E-state index contributed by atoms with van der Waals surface area (Å²) >= 11 is 1.02. The molecule has 0 radical (unpaired) electrons. The van der Waals surface area contributed by atoms with Crippen molar-refractivity contribution in [2.45, 2.75) is 20.4 Å². The third-order valence-electron chi connectivity index (χ3n) is 2.96. The molecule has 0 aliphatic carbocycles. The van der Waals surface area contributed by atoms with Gasteiger partial charge in [0.2, 0.25) is 10.9 Å². The monoisotopic (exact) mass is 345 g/mol. The van der Waals surface area contributed by atoms with Crippen LogP contribution >= 0.6 is 11.5 Å². The van der Waals surface area contributed by atoms with Crippen molar-refractivity contribution in [1.29, 1.82) is 0 Å². The molecule has 0 saturated heterocycles. The van der Waals surface area contributed by atoms with Crippen molar-refractivity contribution in [3.8, 4) is 0 Å². The highest BCUT2D eigenvalue weighted by molar-refractivity contribution is 7.08. The Hall–Kier alpha value is -2.54. The van der Waals surface area contributed by atoms with Crippen LogP contribution < -0.4 is 10.9 Å². The smallest absolute Gasteiger partial charge is 0.349 e. The van der Waals surface area contributed by atoms with Crippen LogP contribution in [0.4, 0.5) is 0 Å². The zero-order valence-corrected chi connectivity index (χ0v) is 14.6. The minimum Gasteiger partial charge on any atom is -0.465 e. The molecular weight excluding hydrogens is 326 g/mol. The van der Waals surface area contributed by atoms with Gasteiger partial charge >= 0.3 is 5.97 Å². The highest BCUT2D eigenvalue weighted by atomic mass is 32.1. The van der Waals surface area contributed by atoms with Crippen LogP contribution in [0.15, 0.2) is 51.3 Å². The van der Waals surface area contributed by atoms with Gasteiger partial charge in [0.15, 0.2) is 0 Å². The average Bonchev–Trinajstić information content (AvgIpc) is 2.58. The zero-order chi connectivity index (χ0) is 17.5. The Morgan fingerprint density at radius 1 is 1.33 bits per heavy atom. The Kier molecular flexibility index (Phi) is 6.20. The first-order valence-electron chi connectivity index (χ1n) is 7.46. The van der Waals surface area contributed by atoms with Gasteiger partial charge in [-0.15, -0.1) is 0 Å². The van der Waals surface area contributed by atoms with Gasteiger partial charge in [-0.05, 0) is 23.0 Å². The summed E-state index contributed by atoms with van der Waals surface area (Å²) in [5.41, 5.74) is 0.803. The van der Waals surface area contributed by atoms with Crippen LogP contribution in [0.3, 0.4) is 0 Å². The molecule has 0 bridgehead atoms. The number of hydrogen-bond acceptors (Lipinski definition) is 6. The highest BCUT2D eigenvalue weighted by Crippen LogP contribution is 2.05. The number of carbonyl (C=O) groups excluding carboxylic acids is 1. The van der Waals surface area contributed by atoms with Crippen LogP contribution in [0.1, 0.15) is 29.1 Å². The van der Waals surface area contributed by atoms with Gasteiger partial charge in [-0.2, -0.15) is 9.17 Å². The largest absolute Gasteiger partial charge is 0.465 e. The summed E-state index contributed by atoms with van der Waals surface area (Å²) in [6.07, 6.45) is 1.69. The van der Waals surface area contributed by atoms with Crippen molar-refractivity contribution in [1.82, 2.24) is 4.07 Å². The standard InChI is InChI=1S/C17H19N3O3S/c1-12(2)10-19-20-16(18-11-13-7-5-4-6-8-13)14(21)9-15(24-20)17(22)23-3/h4-10,12H,11H2,1-3H3/b18-16?,19-10+. The van der Waals surface area contributed by atoms with Crippen molar-refractivity contribution in [3.63, 3.8) is 0 Å². The van der Waals surface area contributed by atoms with Crippen molar-refractivity contribution in [3.05, 3.63) is 62.5 Å². The molecule has 0 unspecified atom stereocenters. The molecule has 1 aromatic heterocycles. The molecule has 2 rings (SSSR count). The molecule has 0 atom stereocenters. The lowest BCUT2D eigenvalue weighted by Gasteiger charge is -2.03. The second-order valence-electron chi connectivity index (χ2n) is 5.36. The molecule has 1 aromatic carbocycles. The maximum absolute atomic E-state index is 12.4. The molecule has 2 aromatic rings. The van der Waals surface area contributed by atoms with E-state index < -0.39 is 5.97 Å². The van der Waals surface area contributed by atoms with Crippen molar-refractivity contribution < 1.29 is 9.53 Å². The summed E-state index contributed by atoms with van der Waals surface area (Å²) in [7, 11) is 1.27. The normalized spacial score (nSPS) is 12.1. The van der Waals surface area contributed by atoms with E-state index in [1.54, 1.807) is 6.21 Å². The molecule has 0 amide bonds. The summed E-state index contributed by atoms with van der Waals surface area (Å²) in [5, 5.41) is 4.26. The van der Waals surface area contributed by atoms with Crippen LogP contribution in [0.25, 0.3) is 0 Å². The van der Waals surface area contributed by atoms with E-state index in [4.69, 9.17) is 0 Å². The third-order valence-corrected chi connectivity index (χ3v) is 3.88. The molecular formula is C17H19N3O3S. The predicted molar refractivity (Wildman–Crippen MR) is 94.4 cm³/mol. The highest BCUT2D eigenvalue weighted by Gasteiger charge is 2.11. The van der Waals surface area contributed by atoms with Gasteiger partial charge in [0.25, 0.3) is 0 Å². The molecule has 0 N–H and O–H groups in total. The van der Waals surface area contributed by atoms with Gasteiger partial charge in [-0.1, -0.05) is 44.2 Å². The number of esters is 1. The summed E-state index contributed by atoms with van der Waals surface area (Å²) in [6.45, 7) is 4.30. The SMILES string of the molecule is COC(=O)c1cc(=O)c(=NCc2ccccc2)n(/N=C/C(C)C)s1. The van der Waals surface area contributed by atoms with E-state index in [-0.39, 0.29) is 21.7 Å². The third kappa shape index (κ3) is 4.73. The number of carbonyl (C=O) groups is 1. The predicted octanol–water partition coefficient (Wildman–Crippen LogP) is 2.29. The average molecular weight is 345 g/mol. The van der Waals surface area contributed by atoms with E-state index in [0.29, 0.717) is 6.54 Å². The van der Waals surface area contributed by atoms with Crippen LogP contribution in [-0.2, 0) is 11.3 Å². The number of methoxy groups -OCH3 is 1. The van der Waals surface area contributed by atoms with E-state index in [2.05, 4.69) is 14.8 Å². The lowest BCUT2D eigenvalue weighted by atomic mass is 10.2. The Morgan fingerprint density at radius 2 is 2.04 bits per heavy atom. The molecule has 0 spiro atoms. The Morgan fingerprint density at radius 3 is 2.67 bits per heavy atom. The van der Waals surface area contributed by atoms with Gasteiger partial charge in [0.05, 0.1) is 13.7 Å². The van der Waals surface area contributed by atoms with Gasteiger partial charge in [0, 0.05) is 12.3 Å². The van der Waals surface area contributed by atoms with E-state index in [9.17, 15) is 9.59 Å². The minimum atomic E-state index is -0.569. The number of nitrogens with zero attached hydrogens (tertiary/aromatic N) is 3. The fourth-order valence-corrected chi connectivity index (χ4v) is 2.64. The van der Waals surface area contributed by atoms with Crippen molar-refractivity contribution in [2.24, 2.45) is 16.0 Å². The first-order chi connectivity index (χ1) is 11.5. The Balaban J connectivity index is 2.52. The molecule has 6 nitrogen and oxygen atoms in total. The number of hydrogen-bond donors (Lipinski definition) is 0. The number of rotatable bonds is 5. The molecule has 7 heteroatoms. The number of aromatic nitrogens is 1. The molecule has 0 fully saturated rings. The van der Waals surface area contributed by atoms with E-state index in [0.717, 1.165) is 17.1 Å². The molecule has 0 saturated carbocycles. The van der Waals surface area contributed by atoms with Crippen molar-refractivity contribution >= 4 is 23.7 Å². The Labute approximate surface area is 143 Å². The summed E-state index contributed by atoms with van der Waals surface area (Å²) in [5.74, 6) is -0.372. The molecule has 24 heavy (non-hydrogen) atoms. The topological polar surface area (TPSA) is 73.0 Å². The van der Waals surface area contributed by atoms with Crippen molar-refractivity contribution in [2.75, 3.05) is 7.11 Å². The van der Waals surface area contributed by atoms with Crippen LogP contribution in [0.5, 0.6) is 0 Å². The second-order valence-corrected chi connectivity index (χ2v) is 6.33. The van der Waals surface area contributed by atoms with Gasteiger partial charge in [-0.3, -0.25) is 9.79 Å². The second kappa shape index (κ2) is 8.35. The fraction of sp³-hybridized carbons (Fsp3) is 0.294. The van der Waals surface area contributed by atoms with Gasteiger partial charge in [-0.25, -0.2) is 4.79 Å². The van der Waals surface area contributed by atoms with E-state index >= 15 is 0 Å². The fourth-order valence-electron chi connectivity index (χ4n) is 1.80. The van der Waals surface area contributed by atoms with Gasteiger partial charge in [0.1, 0.15) is 4.88 Å². The maximum Gasteiger partial charge on any atom is 0.349 e. The number of benzene rings is 1. The van der Waals surface area contributed by atoms with Gasteiger partial charge < -0.3 is 4.74 Å². The first kappa shape index (κ1) is 17.8. The zero-order valence-electron chi connectivity index (χ0n) is 13.8. The molecule has 126 valence electrons. The van der Waals surface area contributed by atoms with Crippen LogP contribution in [-0.4, -0.2) is 23.4 Å². The molecule has 1 heterocycles. The Bertz CT molecular complexity index is 851. The summed E-state index contributed by atoms with van der Waals surface area (Å²) in [4.78, 5) is 28.6. The lowest BCUT2D eigenvalue weighted by Crippen LogP contribution is -2.33. The maximum atomic E-state index is 12.4. The summed E-state index contributed by atoms with van der Waals surface area (Å²) < 4.78 is 6.05. The molecule has 0 aliphatic heterocycles. The van der Waals surface area contributed by atoms with Crippen LogP contribution in [0.2, 0.25) is 0 Å². The lowest BCUT2D eigenvalue weighted by molar-refractivity contribution is 0.0605. The summed E-state index contributed by atoms with van der Waals surface area (Å²) in [6, 6.07) is 10.8. The quantitative estimate of drug-likeness (QED) is 0.616. The van der Waals surface area contributed by atoms with E-state index in [1.807, 2.05) is 44.2 Å². The number of ether oxygens (including phenoxy) is 1. The minimum absolute atomic E-state index is 0.182. The molecule has 0 aliphatic rings. The first-order valence-corrected chi connectivity index (χ1v) is 8.23. The van der Waals surface area contributed by atoms with Crippen LogP contribution in [0, 0.1) is 5.92 Å². The van der Waals surface area contributed by atoms with E-state index in [1.165, 1.54) is 17.2 Å².